The molecule has 0 saturated heterocycles. The maximum atomic E-state index is 12.7. The smallest absolute Gasteiger partial charge is 0.327 e. The quantitative estimate of drug-likeness (QED) is 0.145. The molecule has 0 aliphatic heterocycles. The number of thiol groups is 1. The van der Waals surface area contributed by atoms with Gasteiger partial charge in [0, 0.05) is 5.75 Å². The number of thioether (sulfide) groups is 1. The lowest BCUT2D eigenvalue weighted by molar-refractivity contribution is -0.143. The lowest BCUT2D eigenvalue weighted by Crippen LogP contribution is -2.59. The molecule has 5 atom stereocenters. The molecular formula is C18H32N4O7S2. The third-order valence-corrected chi connectivity index (χ3v) is 5.58. The first kappa shape index (κ1) is 29.0. The number of nitrogens with one attached hydrogen (secondary N) is 3. The second-order valence-corrected chi connectivity index (χ2v) is 8.35. The Hall–Kier alpha value is -1.99. The highest BCUT2D eigenvalue weighted by molar-refractivity contribution is 7.98. The minimum absolute atomic E-state index is 0.159. The Morgan fingerprint density at radius 1 is 1.00 bits per heavy atom. The van der Waals surface area contributed by atoms with E-state index in [1.807, 2.05) is 6.26 Å². The third kappa shape index (κ3) is 10.7. The number of carbonyl (C=O) groups excluding carboxylic acids is 3. The predicted octanol–water partition coefficient (Wildman–Crippen LogP) is -0.944. The zero-order chi connectivity index (χ0) is 24.1. The van der Waals surface area contributed by atoms with E-state index < -0.39 is 66.2 Å². The van der Waals surface area contributed by atoms with Crippen LogP contribution in [0.3, 0.4) is 0 Å². The summed E-state index contributed by atoms with van der Waals surface area (Å²) in [5.41, 5.74) is 5.77. The van der Waals surface area contributed by atoms with Gasteiger partial charge in [0.25, 0.3) is 0 Å². The SMILES string of the molecule is CCC(C)C(NC(=O)C(CC(=O)O)NC(=O)C(N)CCSC)C(=O)NC(CS)C(=O)O. The van der Waals surface area contributed by atoms with Crippen molar-refractivity contribution < 1.29 is 34.2 Å². The molecule has 0 aliphatic carbocycles. The van der Waals surface area contributed by atoms with Gasteiger partial charge in [-0.2, -0.15) is 24.4 Å². The number of carbonyl (C=O) groups is 5. The second kappa shape index (κ2) is 14.9. The molecule has 11 nitrogen and oxygen atoms in total. The van der Waals surface area contributed by atoms with Crippen LogP contribution in [0.4, 0.5) is 0 Å². The van der Waals surface area contributed by atoms with Crippen LogP contribution >= 0.6 is 24.4 Å². The molecule has 0 aromatic carbocycles. The normalized spacial score (nSPS) is 15.6. The second-order valence-electron chi connectivity index (χ2n) is 7.00. The van der Waals surface area contributed by atoms with Crippen LogP contribution in [0.2, 0.25) is 0 Å². The summed E-state index contributed by atoms with van der Waals surface area (Å²) in [4.78, 5) is 59.9. The molecule has 5 unspecified atom stereocenters. The minimum atomic E-state index is -1.45. The van der Waals surface area contributed by atoms with Gasteiger partial charge in [-0.05, 0) is 24.3 Å². The van der Waals surface area contributed by atoms with Crippen LogP contribution < -0.4 is 21.7 Å². The average molecular weight is 481 g/mol. The van der Waals surface area contributed by atoms with Crippen molar-refractivity contribution in [1.29, 1.82) is 0 Å². The molecule has 0 aliphatic rings. The lowest BCUT2D eigenvalue weighted by Gasteiger charge is -2.27. The topological polar surface area (TPSA) is 188 Å². The van der Waals surface area contributed by atoms with Crippen molar-refractivity contribution in [3.05, 3.63) is 0 Å². The molecule has 3 amide bonds. The molecule has 0 spiro atoms. The highest BCUT2D eigenvalue weighted by Gasteiger charge is 2.33. The molecule has 7 N–H and O–H groups in total. The maximum absolute atomic E-state index is 12.7. The van der Waals surface area contributed by atoms with Gasteiger partial charge in [-0.3, -0.25) is 19.2 Å². The van der Waals surface area contributed by atoms with Crippen LogP contribution in [0.15, 0.2) is 0 Å². The number of hydrogen-bond donors (Lipinski definition) is 7. The van der Waals surface area contributed by atoms with Crippen LogP contribution in [0.25, 0.3) is 0 Å². The van der Waals surface area contributed by atoms with Gasteiger partial charge in [0.05, 0.1) is 12.5 Å². The minimum Gasteiger partial charge on any atom is -0.481 e. The van der Waals surface area contributed by atoms with E-state index in [1.54, 1.807) is 13.8 Å². The first-order chi connectivity index (χ1) is 14.5. The average Bonchev–Trinajstić information content (AvgIpc) is 2.71. The third-order valence-electron chi connectivity index (χ3n) is 4.57. The van der Waals surface area contributed by atoms with Gasteiger partial charge in [-0.15, -0.1) is 0 Å². The number of rotatable bonds is 15. The van der Waals surface area contributed by atoms with Gasteiger partial charge >= 0.3 is 11.9 Å². The van der Waals surface area contributed by atoms with Crippen LogP contribution in [-0.2, 0) is 24.0 Å². The lowest BCUT2D eigenvalue weighted by atomic mass is 9.97. The van der Waals surface area contributed by atoms with Crippen LogP contribution in [0, 0.1) is 5.92 Å². The zero-order valence-electron chi connectivity index (χ0n) is 17.8. The fraction of sp³-hybridized carbons (Fsp3) is 0.722. The molecule has 31 heavy (non-hydrogen) atoms. The van der Waals surface area contributed by atoms with Gasteiger partial charge in [-0.25, -0.2) is 4.79 Å². The van der Waals surface area contributed by atoms with Crippen molar-refractivity contribution in [3.8, 4) is 0 Å². The Labute approximate surface area is 191 Å². The van der Waals surface area contributed by atoms with Crippen LogP contribution in [0.1, 0.15) is 33.1 Å². The van der Waals surface area contributed by atoms with Crippen molar-refractivity contribution in [2.45, 2.75) is 57.3 Å². The van der Waals surface area contributed by atoms with Gasteiger partial charge < -0.3 is 31.9 Å². The summed E-state index contributed by atoms with van der Waals surface area (Å²) in [6.07, 6.45) is 1.93. The molecule has 0 aromatic rings. The number of carboxylic acids is 2. The van der Waals surface area contributed by atoms with Crippen molar-refractivity contribution in [2.75, 3.05) is 17.8 Å². The Bertz CT molecular complexity index is 650. The first-order valence-corrected chi connectivity index (χ1v) is 11.7. The molecule has 0 saturated carbocycles. The van der Waals surface area contributed by atoms with E-state index in [4.69, 9.17) is 15.9 Å². The summed E-state index contributed by atoms with van der Waals surface area (Å²) >= 11 is 5.37. The van der Waals surface area contributed by atoms with Crippen LogP contribution in [-0.4, -0.2) is 81.8 Å². The molecule has 0 heterocycles. The van der Waals surface area contributed by atoms with Crippen LogP contribution in [0.5, 0.6) is 0 Å². The first-order valence-electron chi connectivity index (χ1n) is 9.69. The summed E-state index contributed by atoms with van der Waals surface area (Å²) in [5.74, 6) is -4.88. The molecule has 0 radical (unpaired) electrons. The largest absolute Gasteiger partial charge is 0.481 e. The van der Waals surface area contributed by atoms with Crippen molar-refractivity contribution >= 4 is 54.1 Å². The summed E-state index contributed by atoms with van der Waals surface area (Å²) in [5, 5.41) is 25.3. The zero-order valence-corrected chi connectivity index (χ0v) is 19.5. The number of carboxylic acid groups (broad SMARTS) is 2. The Balaban J connectivity index is 5.44. The molecular weight excluding hydrogens is 448 g/mol. The Kier molecular flexibility index (Phi) is 14.0. The molecule has 0 rings (SSSR count). The molecule has 0 aromatic heterocycles. The van der Waals surface area contributed by atoms with Gasteiger partial charge in [-0.1, -0.05) is 20.3 Å². The molecule has 178 valence electrons. The van der Waals surface area contributed by atoms with E-state index in [0.717, 1.165) is 0 Å². The van der Waals surface area contributed by atoms with E-state index in [9.17, 15) is 24.0 Å². The van der Waals surface area contributed by atoms with E-state index in [1.165, 1.54) is 11.8 Å². The number of hydrogen-bond acceptors (Lipinski definition) is 8. The molecule has 13 heteroatoms. The van der Waals surface area contributed by atoms with E-state index in [2.05, 4.69) is 28.6 Å². The molecule has 0 fully saturated rings. The predicted molar refractivity (Wildman–Crippen MR) is 120 cm³/mol. The molecule has 0 bridgehead atoms. The highest BCUT2D eigenvalue weighted by atomic mass is 32.2. The Morgan fingerprint density at radius 3 is 2.03 bits per heavy atom. The van der Waals surface area contributed by atoms with Crippen molar-refractivity contribution in [1.82, 2.24) is 16.0 Å². The van der Waals surface area contributed by atoms with Gasteiger partial charge in [0.1, 0.15) is 18.1 Å². The summed E-state index contributed by atoms with van der Waals surface area (Å²) in [7, 11) is 0. The summed E-state index contributed by atoms with van der Waals surface area (Å²) in [6.45, 7) is 3.44. The van der Waals surface area contributed by atoms with Crippen molar-refractivity contribution in [2.24, 2.45) is 11.7 Å². The summed E-state index contributed by atoms with van der Waals surface area (Å²) < 4.78 is 0. The van der Waals surface area contributed by atoms with Crippen molar-refractivity contribution in [3.63, 3.8) is 0 Å². The fourth-order valence-electron chi connectivity index (χ4n) is 2.44. The van der Waals surface area contributed by atoms with Gasteiger partial charge in [0.2, 0.25) is 17.7 Å². The highest BCUT2D eigenvalue weighted by Crippen LogP contribution is 2.10. The maximum Gasteiger partial charge on any atom is 0.327 e. The summed E-state index contributed by atoms with van der Waals surface area (Å²) in [6, 6.07) is -4.78. The Morgan fingerprint density at radius 2 is 1.58 bits per heavy atom. The standard InChI is InChI=1S/C18H32N4O7S2/c1-4-9(2)14(17(27)21-12(8-30)18(28)29)22-16(26)11(7-13(23)24)20-15(25)10(19)5-6-31-3/h9-12,14,30H,4-8,19H2,1-3H3,(H,20,25)(H,21,27)(H,22,26)(H,23,24)(H,28,29). The monoisotopic (exact) mass is 480 g/mol. The number of amides is 3. The van der Waals surface area contributed by atoms with E-state index in [-0.39, 0.29) is 5.75 Å². The number of nitrogens with two attached hydrogens (primary N) is 1. The van der Waals surface area contributed by atoms with E-state index >= 15 is 0 Å². The van der Waals surface area contributed by atoms with E-state index in [0.29, 0.717) is 18.6 Å². The van der Waals surface area contributed by atoms with Gasteiger partial charge in [0.15, 0.2) is 0 Å². The number of aliphatic carboxylic acids is 2. The fourth-order valence-corrected chi connectivity index (χ4v) is 3.18.